The van der Waals surface area contributed by atoms with Crippen molar-refractivity contribution in [3.05, 3.63) is 29.3 Å². The van der Waals surface area contributed by atoms with Crippen LogP contribution in [0.5, 0.6) is 0 Å². The number of rotatable bonds is 2. The quantitative estimate of drug-likeness (QED) is 0.783. The average molecular weight is 244 g/mol. The van der Waals surface area contributed by atoms with Crippen LogP contribution in [0, 0.1) is 0 Å². The molecule has 0 saturated heterocycles. The molecule has 0 unspecified atom stereocenters. The molecule has 6 heteroatoms. The molecule has 3 N–H and O–H groups in total. The van der Waals surface area contributed by atoms with Crippen molar-refractivity contribution in [2.45, 2.75) is 25.1 Å². The van der Waals surface area contributed by atoms with Crippen LogP contribution in [0.3, 0.4) is 0 Å². The Bertz CT molecular complexity index is 453. The molecule has 0 bridgehead atoms. The summed E-state index contributed by atoms with van der Waals surface area (Å²) in [5.41, 5.74) is 4.34. The van der Waals surface area contributed by atoms with Gasteiger partial charge in [-0.1, -0.05) is 0 Å². The predicted molar refractivity (Wildman–Crippen MR) is 56.3 cm³/mol. The van der Waals surface area contributed by atoms with E-state index in [2.05, 4.69) is 5.32 Å². The highest BCUT2D eigenvalue weighted by molar-refractivity contribution is 5.95. The number of nitrogen functional groups attached to an aromatic ring is 1. The lowest BCUT2D eigenvalue weighted by Crippen LogP contribution is -2.25. The maximum Gasteiger partial charge on any atom is 0.416 e. The molecule has 92 valence electrons. The standard InChI is InChI=1S/C11H11F3N2O/c12-11(13,14)7-3-6(4-8(15)5-7)10(17)16-9-1-2-9/h3-5,9H,1-2,15H2,(H,16,17). The number of benzene rings is 1. The molecule has 0 heterocycles. The average Bonchev–Trinajstić information content (AvgIpc) is 2.99. The third kappa shape index (κ3) is 2.89. The van der Waals surface area contributed by atoms with Gasteiger partial charge in [-0.05, 0) is 31.0 Å². The minimum absolute atomic E-state index is 0.0516. The first-order chi connectivity index (χ1) is 7.86. The summed E-state index contributed by atoms with van der Waals surface area (Å²) >= 11 is 0. The fourth-order valence-corrected chi connectivity index (χ4v) is 1.44. The van der Waals surface area contributed by atoms with Crippen LogP contribution < -0.4 is 11.1 Å². The largest absolute Gasteiger partial charge is 0.416 e. The van der Waals surface area contributed by atoms with Crippen LogP contribution in [0.1, 0.15) is 28.8 Å². The van der Waals surface area contributed by atoms with Crippen molar-refractivity contribution in [2.24, 2.45) is 0 Å². The first-order valence-electron chi connectivity index (χ1n) is 5.15. The zero-order valence-electron chi connectivity index (χ0n) is 8.84. The second kappa shape index (κ2) is 3.94. The number of hydrogen-bond donors (Lipinski definition) is 2. The SMILES string of the molecule is Nc1cc(C(=O)NC2CC2)cc(C(F)(F)F)c1. The van der Waals surface area contributed by atoms with E-state index in [1.165, 1.54) is 6.07 Å². The Hall–Kier alpha value is -1.72. The highest BCUT2D eigenvalue weighted by atomic mass is 19.4. The first kappa shape index (κ1) is 11.8. The molecule has 1 fully saturated rings. The lowest BCUT2D eigenvalue weighted by atomic mass is 10.1. The summed E-state index contributed by atoms with van der Waals surface area (Å²) in [7, 11) is 0. The number of carbonyl (C=O) groups is 1. The predicted octanol–water partition coefficient (Wildman–Crippen LogP) is 2.18. The fourth-order valence-electron chi connectivity index (χ4n) is 1.44. The van der Waals surface area contributed by atoms with Gasteiger partial charge in [0.15, 0.2) is 0 Å². The van der Waals surface area contributed by atoms with E-state index in [4.69, 9.17) is 5.73 Å². The topological polar surface area (TPSA) is 55.1 Å². The van der Waals surface area contributed by atoms with E-state index in [0.29, 0.717) is 0 Å². The molecule has 0 aliphatic heterocycles. The minimum Gasteiger partial charge on any atom is -0.399 e. The number of carbonyl (C=O) groups excluding carboxylic acids is 1. The normalized spacial score (nSPS) is 15.7. The van der Waals surface area contributed by atoms with E-state index >= 15 is 0 Å². The van der Waals surface area contributed by atoms with Gasteiger partial charge in [0.1, 0.15) is 0 Å². The van der Waals surface area contributed by atoms with Crippen molar-refractivity contribution >= 4 is 11.6 Å². The lowest BCUT2D eigenvalue weighted by Gasteiger charge is -2.10. The summed E-state index contributed by atoms with van der Waals surface area (Å²) in [4.78, 5) is 11.6. The van der Waals surface area contributed by atoms with Gasteiger partial charge in [-0.15, -0.1) is 0 Å². The van der Waals surface area contributed by atoms with E-state index in [9.17, 15) is 18.0 Å². The Labute approximate surface area is 95.8 Å². The van der Waals surface area contributed by atoms with E-state index in [0.717, 1.165) is 25.0 Å². The van der Waals surface area contributed by atoms with Crippen LogP contribution in [0.4, 0.5) is 18.9 Å². The highest BCUT2D eigenvalue weighted by Gasteiger charge is 2.32. The van der Waals surface area contributed by atoms with Gasteiger partial charge in [-0.2, -0.15) is 13.2 Å². The Morgan fingerprint density at radius 2 is 1.94 bits per heavy atom. The van der Waals surface area contributed by atoms with Crippen LogP contribution in [0.15, 0.2) is 18.2 Å². The maximum absolute atomic E-state index is 12.5. The minimum atomic E-state index is -4.50. The molecule has 0 atom stereocenters. The van der Waals surface area contributed by atoms with Gasteiger partial charge < -0.3 is 11.1 Å². The molecule has 1 aliphatic carbocycles. The van der Waals surface area contributed by atoms with Crippen LogP contribution in [0.2, 0.25) is 0 Å². The van der Waals surface area contributed by atoms with Gasteiger partial charge in [0.25, 0.3) is 5.91 Å². The van der Waals surface area contributed by atoms with Gasteiger partial charge >= 0.3 is 6.18 Å². The molecule has 2 rings (SSSR count). The summed E-state index contributed by atoms with van der Waals surface area (Å²) < 4.78 is 37.5. The van der Waals surface area contributed by atoms with Crippen LogP contribution in [0.25, 0.3) is 0 Å². The number of halogens is 3. The number of alkyl halides is 3. The number of nitrogens with one attached hydrogen (secondary N) is 1. The Balaban J connectivity index is 2.27. The van der Waals surface area contributed by atoms with Crippen molar-refractivity contribution in [1.29, 1.82) is 0 Å². The molecule has 0 radical (unpaired) electrons. The van der Waals surface area contributed by atoms with E-state index in [-0.39, 0.29) is 17.3 Å². The Morgan fingerprint density at radius 1 is 1.29 bits per heavy atom. The maximum atomic E-state index is 12.5. The van der Waals surface area contributed by atoms with Crippen molar-refractivity contribution in [3.63, 3.8) is 0 Å². The summed E-state index contributed by atoms with van der Waals surface area (Å²) in [6.07, 6.45) is -2.75. The summed E-state index contributed by atoms with van der Waals surface area (Å²) in [6, 6.07) is 2.97. The summed E-state index contributed by atoms with van der Waals surface area (Å²) in [5.74, 6) is -0.509. The Morgan fingerprint density at radius 3 is 2.47 bits per heavy atom. The van der Waals surface area contributed by atoms with E-state index in [1.54, 1.807) is 0 Å². The molecule has 1 saturated carbocycles. The van der Waals surface area contributed by atoms with E-state index < -0.39 is 17.6 Å². The molecule has 3 nitrogen and oxygen atoms in total. The third-order valence-corrected chi connectivity index (χ3v) is 2.46. The molecular formula is C11H11F3N2O. The van der Waals surface area contributed by atoms with Crippen LogP contribution in [-0.4, -0.2) is 11.9 Å². The molecule has 17 heavy (non-hydrogen) atoms. The number of amides is 1. The monoisotopic (exact) mass is 244 g/mol. The second-order valence-electron chi connectivity index (χ2n) is 4.09. The fraction of sp³-hybridized carbons (Fsp3) is 0.364. The smallest absolute Gasteiger partial charge is 0.399 e. The molecule has 0 spiro atoms. The van der Waals surface area contributed by atoms with Gasteiger partial charge in [-0.25, -0.2) is 0 Å². The Kier molecular flexibility index (Phi) is 2.73. The summed E-state index contributed by atoms with van der Waals surface area (Å²) in [5, 5.41) is 2.61. The summed E-state index contributed by atoms with van der Waals surface area (Å²) in [6.45, 7) is 0. The van der Waals surface area contributed by atoms with Crippen molar-refractivity contribution in [3.8, 4) is 0 Å². The number of hydrogen-bond acceptors (Lipinski definition) is 2. The molecule has 1 amide bonds. The van der Waals surface area contributed by atoms with Crippen molar-refractivity contribution < 1.29 is 18.0 Å². The van der Waals surface area contributed by atoms with Gasteiger partial charge in [0.05, 0.1) is 5.56 Å². The van der Waals surface area contributed by atoms with Crippen LogP contribution >= 0.6 is 0 Å². The molecular weight excluding hydrogens is 233 g/mol. The first-order valence-corrected chi connectivity index (χ1v) is 5.15. The third-order valence-electron chi connectivity index (χ3n) is 2.46. The molecule has 1 aromatic rings. The second-order valence-corrected chi connectivity index (χ2v) is 4.09. The van der Waals surface area contributed by atoms with Crippen molar-refractivity contribution in [2.75, 3.05) is 5.73 Å². The highest BCUT2D eigenvalue weighted by Crippen LogP contribution is 2.31. The van der Waals surface area contributed by atoms with E-state index in [1.807, 2.05) is 0 Å². The van der Waals surface area contributed by atoms with Gasteiger partial charge in [-0.3, -0.25) is 4.79 Å². The number of anilines is 1. The van der Waals surface area contributed by atoms with Gasteiger partial charge in [0.2, 0.25) is 0 Å². The molecule has 1 aromatic carbocycles. The molecule has 1 aliphatic rings. The zero-order chi connectivity index (χ0) is 12.6. The van der Waals surface area contributed by atoms with Crippen LogP contribution in [-0.2, 0) is 6.18 Å². The zero-order valence-corrected chi connectivity index (χ0v) is 8.84. The lowest BCUT2D eigenvalue weighted by molar-refractivity contribution is -0.137. The molecule has 0 aromatic heterocycles. The van der Waals surface area contributed by atoms with Gasteiger partial charge in [0, 0.05) is 17.3 Å². The number of nitrogens with two attached hydrogens (primary N) is 1. The van der Waals surface area contributed by atoms with Crippen molar-refractivity contribution in [1.82, 2.24) is 5.32 Å².